The molecule has 152 valence electrons. The lowest BCUT2D eigenvalue weighted by atomic mass is 9.93. The third-order valence-electron chi connectivity index (χ3n) is 5.85. The lowest BCUT2D eigenvalue weighted by molar-refractivity contribution is -0.127. The third-order valence-corrected chi connectivity index (χ3v) is 5.85. The molecule has 1 aromatic rings. The van der Waals surface area contributed by atoms with E-state index in [0.29, 0.717) is 19.2 Å². The van der Waals surface area contributed by atoms with Gasteiger partial charge in [0, 0.05) is 45.4 Å². The molecule has 0 saturated carbocycles. The number of ether oxygens (including phenoxy) is 1. The largest absolute Gasteiger partial charge is 0.383 e. The van der Waals surface area contributed by atoms with E-state index < -0.39 is 0 Å². The van der Waals surface area contributed by atoms with Crippen LogP contribution in [0.25, 0.3) is 0 Å². The number of nitrogens with zero attached hydrogens (tertiary/aromatic N) is 3. The first-order valence-corrected chi connectivity index (χ1v) is 10.4. The Morgan fingerprint density at radius 3 is 2.85 bits per heavy atom. The van der Waals surface area contributed by atoms with Gasteiger partial charge in [0.05, 0.1) is 24.8 Å². The van der Waals surface area contributed by atoms with Crippen molar-refractivity contribution in [3.05, 3.63) is 17.5 Å². The van der Waals surface area contributed by atoms with Crippen molar-refractivity contribution in [2.45, 2.75) is 51.6 Å². The summed E-state index contributed by atoms with van der Waals surface area (Å²) < 4.78 is 10.4. The van der Waals surface area contributed by atoms with E-state index in [4.69, 9.17) is 9.26 Å². The second-order valence-electron chi connectivity index (χ2n) is 7.76. The number of hydrogen-bond acceptors (Lipinski definition) is 6. The van der Waals surface area contributed by atoms with E-state index >= 15 is 0 Å². The number of hydrogen-bond donors (Lipinski definition) is 1. The number of piperidine rings is 2. The minimum atomic E-state index is 0.121. The van der Waals surface area contributed by atoms with Crippen molar-refractivity contribution in [3.63, 3.8) is 0 Å². The Kier molecular flexibility index (Phi) is 7.67. The van der Waals surface area contributed by atoms with Crippen molar-refractivity contribution >= 4 is 5.91 Å². The van der Waals surface area contributed by atoms with Gasteiger partial charge in [-0.1, -0.05) is 12.1 Å². The van der Waals surface area contributed by atoms with Crippen LogP contribution in [-0.4, -0.2) is 73.3 Å². The first-order chi connectivity index (χ1) is 13.2. The molecule has 2 saturated heterocycles. The molecule has 0 bridgehead atoms. The summed E-state index contributed by atoms with van der Waals surface area (Å²) in [5.41, 5.74) is 1.03. The zero-order valence-corrected chi connectivity index (χ0v) is 16.8. The highest BCUT2D eigenvalue weighted by molar-refractivity contribution is 5.78. The molecule has 0 aliphatic carbocycles. The molecule has 3 rings (SSSR count). The lowest BCUT2D eigenvalue weighted by Gasteiger charge is -2.41. The highest BCUT2D eigenvalue weighted by Crippen LogP contribution is 2.24. The minimum absolute atomic E-state index is 0.121. The second-order valence-corrected chi connectivity index (χ2v) is 7.76. The average Bonchev–Trinajstić information content (AvgIpc) is 3.16. The van der Waals surface area contributed by atoms with Crippen LogP contribution in [0.3, 0.4) is 0 Å². The van der Waals surface area contributed by atoms with Gasteiger partial charge in [-0.15, -0.1) is 0 Å². The number of carbonyl (C=O) groups excluding carboxylic acids is 1. The van der Waals surface area contributed by atoms with E-state index in [2.05, 4.69) is 33.3 Å². The maximum Gasteiger partial charge on any atom is 0.224 e. The zero-order valence-electron chi connectivity index (χ0n) is 16.8. The van der Waals surface area contributed by atoms with Crippen LogP contribution in [0.1, 0.15) is 44.1 Å². The van der Waals surface area contributed by atoms with Gasteiger partial charge in [-0.05, 0) is 38.6 Å². The van der Waals surface area contributed by atoms with Crippen LogP contribution < -0.4 is 5.32 Å². The number of carbonyl (C=O) groups is 1. The highest BCUT2D eigenvalue weighted by Gasteiger charge is 2.31. The molecule has 7 heteroatoms. The van der Waals surface area contributed by atoms with Crippen LogP contribution in [0.2, 0.25) is 0 Å². The molecular weight excluding hydrogens is 344 g/mol. The fraction of sp³-hybridized carbons (Fsp3) is 0.800. The van der Waals surface area contributed by atoms with Crippen molar-refractivity contribution in [1.82, 2.24) is 20.3 Å². The maximum absolute atomic E-state index is 12.4. The van der Waals surface area contributed by atoms with Crippen LogP contribution in [0.15, 0.2) is 10.6 Å². The summed E-state index contributed by atoms with van der Waals surface area (Å²) in [6, 6.07) is 2.67. The third kappa shape index (κ3) is 5.77. The molecule has 0 radical (unpaired) electrons. The monoisotopic (exact) mass is 378 g/mol. The SMILES string of the molecule is CCc1cc(CN2CCC(N3CCC[C@H](C(=O)NCCOC)C3)CC2)on1. The molecule has 2 aliphatic rings. The maximum atomic E-state index is 12.4. The van der Waals surface area contributed by atoms with Crippen molar-refractivity contribution in [3.8, 4) is 0 Å². The molecule has 1 aromatic heterocycles. The van der Waals surface area contributed by atoms with Crippen LogP contribution in [0.5, 0.6) is 0 Å². The average molecular weight is 379 g/mol. The molecule has 0 unspecified atom stereocenters. The van der Waals surface area contributed by atoms with E-state index in [9.17, 15) is 4.79 Å². The van der Waals surface area contributed by atoms with Gasteiger partial charge in [0.15, 0.2) is 5.76 Å². The smallest absolute Gasteiger partial charge is 0.224 e. The summed E-state index contributed by atoms with van der Waals surface area (Å²) in [7, 11) is 1.66. The van der Waals surface area contributed by atoms with E-state index in [0.717, 1.165) is 76.3 Å². The summed E-state index contributed by atoms with van der Waals surface area (Å²) >= 11 is 0. The van der Waals surface area contributed by atoms with Crippen LogP contribution in [-0.2, 0) is 22.5 Å². The van der Waals surface area contributed by atoms with E-state index in [1.54, 1.807) is 7.11 Å². The fourth-order valence-electron chi connectivity index (χ4n) is 4.23. The number of likely N-dealkylation sites (tertiary alicyclic amines) is 2. The number of aryl methyl sites for hydroxylation is 1. The topological polar surface area (TPSA) is 70.8 Å². The Bertz CT molecular complexity index is 584. The molecule has 0 spiro atoms. The Labute approximate surface area is 162 Å². The van der Waals surface area contributed by atoms with Crippen LogP contribution in [0.4, 0.5) is 0 Å². The molecule has 7 nitrogen and oxygen atoms in total. The number of rotatable bonds is 8. The Morgan fingerprint density at radius 2 is 2.15 bits per heavy atom. The first kappa shape index (κ1) is 20.3. The minimum Gasteiger partial charge on any atom is -0.383 e. The van der Waals surface area contributed by atoms with Crippen molar-refractivity contribution < 1.29 is 14.1 Å². The summed E-state index contributed by atoms with van der Waals surface area (Å²) in [6.45, 7) is 8.29. The fourth-order valence-corrected chi connectivity index (χ4v) is 4.23. The lowest BCUT2D eigenvalue weighted by Crippen LogP contribution is -2.50. The van der Waals surface area contributed by atoms with Gasteiger partial charge in [-0.3, -0.25) is 14.6 Å². The molecule has 0 aromatic carbocycles. The number of methoxy groups -OCH3 is 1. The Balaban J connectivity index is 1.42. The number of aromatic nitrogens is 1. The summed E-state index contributed by atoms with van der Waals surface area (Å²) in [6.07, 6.45) is 5.35. The summed E-state index contributed by atoms with van der Waals surface area (Å²) in [4.78, 5) is 17.4. The molecule has 1 amide bonds. The normalized spacial score (nSPS) is 22.8. The first-order valence-electron chi connectivity index (χ1n) is 10.4. The molecule has 1 N–H and O–H groups in total. The summed E-state index contributed by atoms with van der Waals surface area (Å²) in [5.74, 6) is 1.28. The molecule has 2 fully saturated rings. The van der Waals surface area contributed by atoms with Gasteiger partial charge >= 0.3 is 0 Å². The van der Waals surface area contributed by atoms with Gasteiger partial charge in [0.1, 0.15) is 0 Å². The van der Waals surface area contributed by atoms with Crippen molar-refractivity contribution in [2.24, 2.45) is 5.92 Å². The Hall–Kier alpha value is -1.44. The predicted molar refractivity (Wildman–Crippen MR) is 103 cm³/mol. The zero-order chi connectivity index (χ0) is 19.1. The van der Waals surface area contributed by atoms with Crippen molar-refractivity contribution in [1.29, 1.82) is 0 Å². The number of amides is 1. The van der Waals surface area contributed by atoms with Crippen molar-refractivity contribution in [2.75, 3.05) is 46.4 Å². The molecule has 27 heavy (non-hydrogen) atoms. The number of nitrogens with one attached hydrogen (secondary N) is 1. The van der Waals surface area contributed by atoms with Gasteiger partial charge in [0.2, 0.25) is 5.91 Å². The van der Waals surface area contributed by atoms with E-state index in [1.165, 1.54) is 0 Å². The molecule has 1 atom stereocenters. The quantitative estimate of drug-likeness (QED) is 0.694. The van der Waals surface area contributed by atoms with Gasteiger partial charge in [-0.25, -0.2) is 0 Å². The van der Waals surface area contributed by atoms with E-state index in [-0.39, 0.29) is 11.8 Å². The molecule has 3 heterocycles. The Morgan fingerprint density at radius 1 is 1.33 bits per heavy atom. The second kappa shape index (κ2) is 10.2. The summed E-state index contributed by atoms with van der Waals surface area (Å²) in [5, 5.41) is 7.09. The molecule has 2 aliphatic heterocycles. The van der Waals surface area contributed by atoms with Gasteiger partial charge in [-0.2, -0.15) is 0 Å². The molecular formula is C20H34N4O3. The standard InChI is InChI=1S/C20H34N4O3/c1-3-17-13-19(27-22-17)15-23-10-6-18(7-11-23)24-9-4-5-16(14-24)20(25)21-8-12-26-2/h13,16,18H,3-12,14-15H2,1-2H3,(H,21,25)/t16-/m0/s1. The van der Waals surface area contributed by atoms with Gasteiger partial charge < -0.3 is 14.6 Å². The van der Waals surface area contributed by atoms with Gasteiger partial charge in [0.25, 0.3) is 0 Å². The van der Waals surface area contributed by atoms with Crippen LogP contribution in [0, 0.1) is 5.92 Å². The van der Waals surface area contributed by atoms with E-state index in [1.807, 2.05) is 0 Å². The van der Waals surface area contributed by atoms with Crippen LogP contribution >= 0.6 is 0 Å². The predicted octanol–water partition coefficient (Wildman–Crippen LogP) is 1.68. The highest BCUT2D eigenvalue weighted by atomic mass is 16.5.